The molecule has 7 heteroatoms. The van der Waals surface area contributed by atoms with Gasteiger partial charge in [-0.15, -0.1) is 0 Å². The lowest BCUT2D eigenvalue weighted by Gasteiger charge is -2.14. The lowest BCUT2D eigenvalue weighted by atomic mass is 10.2. The molecule has 1 aromatic rings. The minimum Gasteiger partial charge on any atom is -0.496 e. The fourth-order valence-electron chi connectivity index (χ4n) is 1.31. The molecule has 1 atom stereocenters. The third-order valence-corrected chi connectivity index (χ3v) is 4.64. The van der Waals surface area contributed by atoms with Gasteiger partial charge in [-0.1, -0.05) is 17.7 Å². The van der Waals surface area contributed by atoms with Crippen LogP contribution in [0.2, 0.25) is 5.02 Å². The van der Waals surface area contributed by atoms with E-state index in [0.717, 1.165) is 0 Å². The highest BCUT2D eigenvalue weighted by Gasteiger charge is 2.20. The number of benzene rings is 1. The van der Waals surface area contributed by atoms with Gasteiger partial charge in [-0.05, 0) is 19.1 Å². The van der Waals surface area contributed by atoms with E-state index in [-0.39, 0.29) is 6.54 Å². The van der Waals surface area contributed by atoms with Crippen molar-refractivity contribution in [3.8, 4) is 5.75 Å². The van der Waals surface area contributed by atoms with Crippen LogP contribution >= 0.6 is 11.6 Å². The first kappa shape index (κ1) is 15.2. The van der Waals surface area contributed by atoms with Gasteiger partial charge in [-0.3, -0.25) is 0 Å². The maximum absolute atomic E-state index is 11.7. The van der Waals surface area contributed by atoms with Crippen molar-refractivity contribution in [3.05, 3.63) is 28.8 Å². The van der Waals surface area contributed by atoms with Gasteiger partial charge in [0.25, 0.3) is 0 Å². The molecule has 0 aliphatic heterocycles. The SMILES string of the molecule is COc1cccc(Cl)c1CNS(=O)(=O)C(C)CO. The van der Waals surface area contributed by atoms with Crippen LogP contribution < -0.4 is 9.46 Å². The summed E-state index contributed by atoms with van der Waals surface area (Å²) in [5, 5.41) is 8.41. The summed E-state index contributed by atoms with van der Waals surface area (Å²) in [4.78, 5) is 0. The van der Waals surface area contributed by atoms with Crippen LogP contribution in [-0.2, 0) is 16.6 Å². The molecule has 0 bridgehead atoms. The lowest BCUT2D eigenvalue weighted by Crippen LogP contribution is -2.34. The van der Waals surface area contributed by atoms with Crippen LogP contribution in [0.25, 0.3) is 0 Å². The van der Waals surface area contributed by atoms with Gasteiger partial charge in [0.05, 0.1) is 19.0 Å². The molecule has 0 aromatic heterocycles. The number of hydrogen-bond donors (Lipinski definition) is 2. The van der Waals surface area contributed by atoms with Crippen molar-refractivity contribution < 1.29 is 18.3 Å². The molecule has 1 rings (SSSR count). The fraction of sp³-hybridized carbons (Fsp3) is 0.455. The molecule has 18 heavy (non-hydrogen) atoms. The molecular weight excluding hydrogens is 278 g/mol. The highest BCUT2D eigenvalue weighted by atomic mass is 35.5. The van der Waals surface area contributed by atoms with E-state index in [2.05, 4.69) is 4.72 Å². The molecule has 0 fully saturated rings. The van der Waals surface area contributed by atoms with Crippen molar-refractivity contribution in [2.75, 3.05) is 13.7 Å². The maximum atomic E-state index is 11.7. The Bertz CT molecular complexity index is 504. The van der Waals surface area contributed by atoms with Crippen molar-refractivity contribution in [1.29, 1.82) is 0 Å². The zero-order chi connectivity index (χ0) is 13.8. The summed E-state index contributed by atoms with van der Waals surface area (Å²) in [7, 11) is -2.08. The third-order valence-electron chi connectivity index (χ3n) is 2.53. The van der Waals surface area contributed by atoms with Crippen LogP contribution in [0.3, 0.4) is 0 Å². The summed E-state index contributed by atoms with van der Waals surface area (Å²) in [5.74, 6) is 0.516. The van der Waals surface area contributed by atoms with Crippen molar-refractivity contribution in [1.82, 2.24) is 4.72 Å². The molecule has 0 aliphatic carbocycles. The van der Waals surface area contributed by atoms with E-state index < -0.39 is 21.9 Å². The zero-order valence-corrected chi connectivity index (χ0v) is 11.8. The third kappa shape index (κ3) is 3.58. The summed E-state index contributed by atoms with van der Waals surface area (Å²) >= 11 is 5.99. The van der Waals surface area contributed by atoms with Gasteiger partial charge in [0.15, 0.2) is 0 Å². The van der Waals surface area contributed by atoms with Crippen molar-refractivity contribution in [2.24, 2.45) is 0 Å². The van der Waals surface area contributed by atoms with Crippen LogP contribution in [0.1, 0.15) is 12.5 Å². The van der Waals surface area contributed by atoms with Gasteiger partial charge < -0.3 is 9.84 Å². The Morgan fingerprint density at radius 3 is 2.72 bits per heavy atom. The first-order valence-electron chi connectivity index (χ1n) is 5.33. The largest absolute Gasteiger partial charge is 0.496 e. The Morgan fingerprint density at radius 2 is 2.17 bits per heavy atom. The highest BCUT2D eigenvalue weighted by Crippen LogP contribution is 2.26. The Kier molecular flexibility index (Phi) is 5.40. The van der Waals surface area contributed by atoms with Gasteiger partial charge in [0.1, 0.15) is 5.75 Å². The monoisotopic (exact) mass is 293 g/mol. The van der Waals surface area contributed by atoms with Crippen LogP contribution in [-0.4, -0.2) is 32.5 Å². The summed E-state index contributed by atoms with van der Waals surface area (Å²) in [5.41, 5.74) is 0.565. The van der Waals surface area contributed by atoms with E-state index in [1.807, 2.05) is 0 Å². The van der Waals surface area contributed by atoms with Crippen LogP contribution in [0.15, 0.2) is 18.2 Å². The van der Waals surface area contributed by atoms with Gasteiger partial charge in [0.2, 0.25) is 10.0 Å². The number of sulfonamides is 1. The average molecular weight is 294 g/mol. The highest BCUT2D eigenvalue weighted by molar-refractivity contribution is 7.90. The standard InChI is InChI=1S/C11H16ClNO4S/c1-8(7-14)18(15,16)13-6-9-10(12)4-3-5-11(9)17-2/h3-5,8,13-14H,6-7H2,1-2H3. The number of nitrogens with one attached hydrogen (secondary N) is 1. The molecule has 1 unspecified atom stereocenters. The van der Waals surface area contributed by atoms with Crippen LogP contribution in [0, 0.1) is 0 Å². The van der Waals surface area contributed by atoms with Gasteiger partial charge >= 0.3 is 0 Å². The van der Waals surface area contributed by atoms with Crippen LogP contribution in [0.5, 0.6) is 5.75 Å². The van der Waals surface area contributed by atoms with Crippen LogP contribution in [0.4, 0.5) is 0 Å². The van der Waals surface area contributed by atoms with E-state index in [4.69, 9.17) is 21.4 Å². The van der Waals surface area contributed by atoms with E-state index in [9.17, 15) is 8.42 Å². The molecule has 102 valence electrons. The minimum atomic E-state index is -3.56. The summed E-state index contributed by atoms with van der Waals surface area (Å²) in [6.45, 7) is 1.01. The Balaban J connectivity index is 2.87. The molecular formula is C11H16ClNO4S. The second kappa shape index (κ2) is 6.38. The molecule has 5 nitrogen and oxygen atoms in total. The molecule has 0 heterocycles. The Morgan fingerprint density at radius 1 is 1.50 bits per heavy atom. The molecule has 2 N–H and O–H groups in total. The van der Waals surface area contributed by atoms with Gasteiger partial charge in [-0.25, -0.2) is 13.1 Å². The number of aliphatic hydroxyl groups excluding tert-OH is 1. The summed E-state index contributed by atoms with van der Waals surface area (Å²) in [6, 6.07) is 5.07. The first-order chi connectivity index (χ1) is 8.42. The average Bonchev–Trinajstić information content (AvgIpc) is 2.35. The molecule has 0 spiro atoms. The van der Waals surface area contributed by atoms with E-state index >= 15 is 0 Å². The zero-order valence-electron chi connectivity index (χ0n) is 10.2. The molecule has 0 amide bonds. The number of halogens is 1. The fourth-order valence-corrected chi connectivity index (χ4v) is 2.37. The topological polar surface area (TPSA) is 75.6 Å². The van der Waals surface area contributed by atoms with E-state index in [1.54, 1.807) is 18.2 Å². The Hall–Kier alpha value is -0.820. The second-order valence-electron chi connectivity index (χ2n) is 3.78. The van der Waals surface area contributed by atoms with Gasteiger partial charge in [0, 0.05) is 17.1 Å². The maximum Gasteiger partial charge on any atom is 0.216 e. The number of methoxy groups -OCH3 is 1. The second-order valence-corrected chi connectivity index (χ2v) is 6.37. The minimum absolute atomic E-state index is 0.0233. The first-order valence-corrected chi connectivity index (χ1v) is 7.25. The number of ether oxygens (including phenoxy) is 1. The molecule has 0 saturated heterocycles. The van der Waals surface area contributed by atoms with E-state index in [0.29, 0.717) is 16.3 Å². The molecule has 0 aliphatic rings. The predicted molar refractivity (Wildman–Crippen MR) is 70.3 cm³/mol. The van der Waals surface area contributed by atoms with Crippen molar-refractivity contribution >= 4 is 21.6 Å². The van der Waals surface area contributed by atoms with E-state index in [1.165, 1.54) is 14.0 Å². The number of hydrogen-bond acceptors (Lipinski definition) is 4. The predicted octanol–water partition coefficient (Wildman–Crippen LogP) is 1.15. The Labute approximate surface area is 112 Å². The molecule has 0 radical (unpaired) electrons. The van der Waals surface area contributed by atoms with Crippen molar-refractivity contribution in [2.45, 2.75) is 18.7 Å². The molecule has 1 aromatic carbocycles. The molecule has 0 saturated carbocycles. The number of rotatable bonds is 6. The normalized spacial score (nSPS) is 13.3. The smallest absolute Gasteiger partial charge is 0.216 e. The van der Waals surface area contributed by atoms with Crippen molar-refractivity contribution in [3.63, 3.8) is 0 Å². The summed E-state index contributed by atoms with van der Waals surface area (Å²) in [6.07, 6.45) is 0. The summed E-state index contributed by atoms with van der Waals surface area (Å²) < 4.78 is 30.9. The lowest BCUT2D eigenvalue weighted by molar-refractivity contribution is 0.294. The van der Waals surface area contributed by atoms with Gasteiger partial charge in [-0.2, -0.15) is 0 Å². The number of aliphatic hydroxyl groups is 1. The quantitative estimate of drug-likeness (QED) is 0.825.